The van der Waals surface area contributed by atoms with Crippen LogP contribution in [0.4, 0.5) is 5.69 Å². The summed E-state index contributed by atoms with van der Waals surface area (Å²) in [5.41, 5.74) is 1.75. The molecule has 29 heavy (non-hydrogen) atoms. The van der Waals surface area contributed by atoms with Crippen LogP contribution in [0, 0.1) is 17.0 Å². The van der Waals surface area contributed by atoms with E-state index in [1.165, 1.54) is 24.1 Å². The van der Waals surface area contributed by atoms with Crippen LogP contribution >= 0.6 is 0 Å². The minimum absolute atomic E-state index is 0.00538. The number of carbonyl (C=O) groups is 1. The third-order valence-corrected chi connectivity index (χ3v) is 5.08. The van der Waals surface area contributed by atoms with Gasteiger partial charge in [-0.15, -0.1) is 0 Å². The second-order valence-corrected chi connectivity index (χ2v) is 6.92. The zero-order valence-electron chi connectivity index (χ0n) is 15.9. The first-order valence-corrected chi connectivity index (χ1v) is 9.04. The average molecular weight is 394 g/mol. The Morgan fingerprint density at radius 1 is 1.17 bits per heavy atom. The summed E-state index contributed by atoms with van der Waals surface area (Å²) in [6, 6.07) is 10.4. The number of benzene rings is 2. The fraction of sp³-hybridized carbons (Fsp3) is 0.238. The number of methoxy groups -OCH3 is 1. The van der Waals surface area contributed by atoms with Gasteiger partial charge in [-0.3, -0.25) is 19.7 Å². The summed E-state index contributed by atoms with van der Waals surface area (Å²) in [6.45, 7) is 2.39. The maximum Gasteiger partial charge on any atom is 0.290 e. The van der Waals surface area contributed by atoms with E-state index in [-0.39, 0.29) is 35.6 Å². The molecule has 1 atom stereocenters. The van der Waals surface area contributed by atoms with E-state index in [1.807, 2.05) is 13.0 Å². The van der Waals surface area contributed by atoms with Gasteiger partial charge in [-0.1, -0.05) is 11.6 Å². The number of amides is 1. The molecule has 0 radical (unpaired) electrons. The van der Waals surface area contributed by atoms with Crippen molar-refractivity contribution in [2.45, 2.75) is 13.0 Å². The van der Waals surface area contributed by atoms with Crippen LogP contribution in [0.15, 0.2) is 51.7 Å². The lowest BCUT2D eigenvalue weighted by Gasteiger charge is -2.24. The largest absolute Gasteiger partial charge is 0.450 e. The smallest absolute Gasteiger partial charge is 0.290 e. The lowest BCUT2D eigenvalue weighted by Crippen LogP contribution is -2.32. The monoisotopic (exact) mass is 394 g/mol. The standard InChI is InChI=1S/C21H18N2O6/c1-12-3-8-16-15(11-12)19(24)17-18(13-4-6-14(7-5-13)23(26)27)22(9-10-28-2)21(25)20(17)29-16/h3-8,11,18H,9-10H2,1-2H3. The van der Waals surface area contributed by atoms with Crippen molar-refractivity contribution >= 4 is 22.6 Å². The third kappa shape index (κ3) is 3.07. The summed E-state index contributed by atoms with van der Waals surface area (Å²) in [7, 11) is 1.52. The van der Waals surface area contributed by atoms with Crippen LogP contribution in [0.3, 0.4) is 0 Å². The molecule has 148 valence electrons. The van der Waals surface area contributed by atoms with E-state index in [0.717, 1.165) is 5.56 Å². The van der Waals surface area contributed by atoms with Gasteiger partial charge >= 0.3 is 0 Å². The van der Waals surface area contributed by atoms with Gasteiger partial charge in [0.05, 0.1) is 28.5 Å². The summed E-state index contributed by atoms with van der Waals surface area (Å²) in [5, 5.41) is 11.4. The Kier molecular flexibility index (Phi) is 4.63. The number of rotatable bonds is 5. The molecule has 0 saturated heterocycles. The number of hydrogen-bond donors (Lipinski definition) is 0. The molecule has 1 aliphatic rings. The molecule has 2 heterocycles. The second-order valence-electron chi connectivity index (χ2n) is 6.92. The lowest BCUT2D eigenvalue weighted by molar-refractivity contribution is -0.384. The molecular formula is C21H18N2O6. The molecule has 0 saturated carbocycles. The van der Waals surface area contributed by atoms with Gasteiger partial charge in [-0.2, -0.15) is 0 Å². The van der Waals surface area contributed by atoms with E-state index in [0.29, 0.717) is 16.5 Å². The van der Waals surface area contributed by atoms with Crippen LogP contribution < -0.4 is 5.43 Å². The quantitative estimate of drug-likeness (QED) is 0.486. The summed E-state index contributed by atoms with van der Waals surface area (Å²) in [5.74, 6) is -0.397. The molecule has 0 aliphatic carbocycles. The highest BCUT2D eigenvalue weighted by Gasteiger charge is 2.42. The highest BCUT2D eigenvalue weighted by atomic mass is 16.6. The fourth-order valence-electron chi connectivity index (χ4n) is 3.68. The maximum atomic E-state index is 13.3. The molecule has 0 spiro atoms. The zero-order valence-corrected chi connectivity index (χ0v) is 15.9. The molecule has 0 bridgehead atoms. The minimum atomic E-state index is -0.699. The number of carbonyl (C=O) groups excluding carboxylic acids is 1. The Morgan fingerprint density at radius 3 is 2.55 bits per heavy atom. The molecule has 8 nitrogen and oxygen atoms in total. The van der Waals surface area contributed by atoms with Gasteiger partial charge in [0.1, 0.15) is 5.58 Å². The number of fused-ring (bicyclic) bond motifs is 2. The van der Waals surface area contributed by atoms with Crippen molar-refractivity contribution < 1.29 is 18.9 Å². The van der Waals surface area contributed by atoms with Crippen molar-refractivity contribution in [1.29, 1.82) is 0 Å². The van der Waals surface area contributed by atoms with E-state index in [1.54, 1.807) is 24.3 Å². The molecule has 4 rings (SSSR count). The Bertz CT molecular complexity index is 1180. The number of non-ortho nitro benzene ring substituents is 1. The highest BCUT2D eigenvalue weighted by Crippen LogP contribution is 2.38. The highest BCUT2D eigenvalue weighted by molar-refractivity contribution is 5.99. The first-order valence-electron chi connectivity index (χ1n) is 9.04. The zero-order chi connectivity index (χ0) is 20.7. The molecule has 2 aromatic carbocycles. The molecule has 1 aliphatic heterocycles. The van der Waals surface area contributed by atoms with Crippen LogP contribution in [0.25, 0.3) is 11.0 Å². The van der Waals surface area contributed by atoms with Gasteiger partial charge in [0, 0.05) is 25.8 Å². The average Bonchev–Trinajstić information content (AvgIpc) is 2.99. The number of ether oxygens (including phenoxy) is 1. The van der Waals surface area contributed by atoms with Gasteiger partial charge in [-0.05, 0) is 36.8 Å². The molecule has 1 unspecified atom stereocenters. The van der Waals surface area contributed by atoms with Gasteiger partial charge in [0.15, 0.2) is 5.43 Å². The molecule has 0 fully saturated rings. The Balaban J connectivity index is 1.93. The molecule has 8 heteroatoms. The summed E-state index contributed by atoms with van der Waals surface area (Å²) >= 11 is 0. The number of nitrogens with zero attached hydrogens (tertiary/aromatic N) is 2. The van der Waals surface area contributed by atoms with Gasteiger partial charge < -0.3 is 14.1 Å². The van der Waals surface area contributed by atoms with Crippen LogP contribution in [0.1, 0.15) is 33.3 Å². The van der Waals surface area contributed by atoms with E-state index in [2.05, 4.69) is 0 Å². The summed E-state index contributed by atoms with van der Waals surface area (Å²) < 4.78 is 11.0. The molecule has 0 N–H and O–H groups in total. The predicted molar refractivity (Wildman–Crippen MR) is 105 cm³/mol. The predicted octanol–water partition coefficient (Wildman–Crippen LogP) is 3.20. The van der Waals surface area contributed by atoms with Gasteiger partial charge in [0.2, 0.25) is 5.76 Å². The summed E-state index contributed by atoms with van der Waals surface area (Å²) in [4.78, 5) is 38.4. The van der Waals surface area contributed by atoms with Crippen molar-refractivity contribution in [2.24, 2.45) is 0 Å². The number of nitro benzene ring substituents is 1. The van der Waals surface area contributed by atoms with E-state index in [4.69, 9.17) is 9.15 Å². The second kappa shape index (κ2) is 7.14. The first kappa shape index (κ1) is 18.8. The molecule has 1 aromatic heterocycles. The van der Waals surface area contributed by atoms with Crippen molar-refractivity contribution in [1.82, 2.24) is 4.90 Å². The van der Waals surface area contributed by atoms with E-state index < -0.39 is 16.9 Å². The number of nitro groups is 1. The van der Waals surface area contributed by atoms with Crippen LogP contribution in [0.2, 0.25) is 0 Å². The molecular weight excluding hydrogens is 376 g/mol. The fourth-order valence-corrected chi connectivity index (χ4v) is 3.68. The Labute approximate surface area is 165 Å². The number of hydrogen-bond acceptors (Lipinski definition) is 6. The van der Waals surface area contributed by atoms with Crippen LogP contribution in [-0.2, 0) is 4.74 Å². The minimum Gasteiger partial charge on any atom is -0.450 e. The summed E-state index contributed by atoms with van der Waals surface area (Å²) in [6.07, 6.45) is 0. The Morgan fingerprint density at radius 2 is 1.90 bits per heavy atom. The van der Waals surface area contributed by atoms with Crippen molar-refractivity contribution in [2.75, 3.05) is 20.3 Å². The van der Waals surface area contributed by atoms with Crippen LogP contribution in [-0.4, -0.2) is 36.0 Å². The van der Waals surface area contributed by atoms with Gasteiger partial charge in [-0.25, -0.2) is 0 Å². The van der Waals surface area contributed by atoms with Crippen molar-refractivity contribution in [3.63, 3.8) is 0 Å². The normalized spacial score (nSPS) is 15.7. The van der Waals surface area contributed by atoms with Crippen LogP contribution in [0.5, 0.6) is 0 Å². The third-order valence-electron chi connectivity index (χ3n) is 5.08. The van der Waals surface area contributed by atoms with Crippen molar-refractivity contribution in [3.8, 4) is 0 Å². The van der Waals surface area contributed by atoms with Gasteiger partial charge in [0.25, 0.3) is 11.6 Å². The molecule has 3 aromatic rings. The van der Waals surface area contributed by atoms with Crippen molar-refractivity contribution in [3.05, 3.63) is 85.3 Å². The number of aryl methyl sites for hydroxylation is 1. The SMILES string of the molecule is COCCN1C(=O)c2oc3ccc(C)cc3c(=O)c2C1c1ccc([N+](=O)[O-])cc1. The Hall–Kier alpha value is -3.52. The topological polar surface area (TPSA) is 103 Å². The first-order chi connectivity index (χ1) is 13.9. The molecule has 1 amide bonds. The van der Waals surface area contributed by atoms with E-state index >= 15 is 0 Å². The lowest BCUT2D eigenvalue weighted by atomic mass is 9.98. The maximum absolute atomic E-state index is 13.3. The van der Waals surface area contributed by atoms with E-state index in [9.17, 15) is 19.7 Å².